The molecule has 1 aromatic heterocycles. The minimum Gasteiger partial charge on any atom is -0.402 e. The van der Waals surface area contributed by atoms with Crippen LogP contribution in [0.4, 0.5) is 0 Å². The van der Waals surface area contributed by atoms with Crippen molar-refractivity contribution in [1.82, 2.24) is 0 Å². The number of carbonyl (C=O) groups excluding carboxylic acids is 1. The van der Waals surface area contributed by atoms with E-state index < -0.39 is 5.97 Å². The van der Waals surface area contributed by atoms with Gasteiger partial charge in [-0.25, -0.2) is 9.79 Å². The molecule has 2 heterocycles. The van der Waals surface area contributed by atoms with Crippen molar-refractivity contribution >= 4 is 34.8 Å². The number of rotatable bonds is 3. The third-order valence-corrected chi connectivity index (χ3v) is 3.94. The van der Waals surface area contributed by atoms with Crippen LogP contribution in [0.3, 0.4) is 0 Å². The van der Waals surface area contributed by atoms with Crippen LogP contribution in [0.15, 0.2) is 58.5 Å². The molecule has 0 saturated carbocycles. The second-order valence-electron chi connectivity index (χ2n) is 4.19. The van der Waals surface area contributed by atoms with Gasteiger partial charge in [0, 0.05) is 21.9 Å². The summed E-state index contributed by atoms with van der Waals surface area (Å²) >= 11 is 7.47. The molecule has 0 atom stereocenters. The van der Waals surface area contributed by atoms with Crippen LogP contribution in [-0.2, 0) is 16.0 Å². The molecule has 0 fully saturated rings. The zero-order chi connectivity index (χ0) is 13.9. The molecule has 0 saturated heterocycles. The molecule has 0 spiro atoms. The smallest absolute Gasteiger partial charge is 0.363 e. The second-order valence-corrected chi connectivity index (χ2v) is 5.65. The quantitative estimate of drug-likeness (QED) is 0.638. The monoisotopic (exact) mass is 303 g/mol. The Balaban J connectivity index is 1.81. The van der Waals surface area contributed by atoms with Crippen molar-refractivity contribution in [2.45, 2.75) is 6.42 Å². The Morgan fingerprint density at radius 1 is 1.25 bits per heavy atom. The molecule has 0 aliphatic carbocycles. The van der Waals surface area contributed by atoms with Gasteiger partial charge in [-0.3, -0.25) is 0 Å². The van der Waals surface area contributed by atoms with Gasteiger partial charge in [-0.2, -0.15) is 0 Å². The third-order valence-electron chi connectivity index (χ3n) is 2.79. The maximum Gasteiger partial charge on any atom is 0.363 e. The molecule has 100 valence electrons. The average molecular weight is 304 g/mol. The number of esters is 1. The highest BCUT2D eigenvalue weighted by atomic mass is 35.5. The standard InChI is InChI=1S/C15H10ClNO2S/c16-11-5-3-10(4-6-11)14-17-13(15(18)19-14)8-7-12-2-1-9-20-12/h1-6,8-9H,7H2/b13-8+. The molecule has 0 bridgehead atoms. The number of ether oxygens (including phenoxy) is 1. The van der Waals surface area contributed by atoms with E-state index in [4.69, 9.17) is 16.3 Å². The summed E-state index contributed by atoms with van der Waals surface area (Å²) in [6, 6.07) is 11.0. The molecule has 1 aliphatic rings. The molecular formula is C15H10ClNO2S. The number of allylic oxidation sites excluding steroid dienone is 1. The van der Waals surface area contributed by atoms with Gasteiger partial charge in [0.05, 0.1) is 0 Å². The molecule has 0 N–H and O–H groups in total. The fraction of sp³-hybridized carbons (Fsp3) is 0.0667. The van der Waals surface area contributed by atoms with Gasteiger partial charge in [0.25, 0.3) is 0 Å². The van der Waals surface area contributed by atoms with Crippen LogP contribution in [0, 0.1) is 0 Å². The number of cyclic esters (lactones) is 1. The summed E-state index contributed by atoms with van der Waals surface area (Å²) in [5.74, 6) is -0.0874. The number of benzene rings is 1. The molecule has 20 heavy (non-hydrogen) atoms. The Hall–Kier alpha value is -1.91. The van der Waals surface area contributed by atoms with Crippen molar-refractivity contribution in [2.75, 3.05) is 0 Å². The highest BCUT2D eigenvalue weighted by Gasteiger charge is 2.23. The van der Waals surface area contributed by atoms with E-state index in [9.17, 15) is 4.79 Å². The topological polar surface area (TPSA) is 38.7 Å². The Bertz CT molecular complexity index is 687. The van der Waals surface area contributed by atoms with Crippen molar-refractivity contribution in [3.63, 3.8) is 0 Å². The first-order valence-electron chi connectivity index (χ1n) is 6.02. The van der Waals surface area contributed by atoms with E-state index >= 15 is 0 Å². The number of carbonyl (C=O) groups is 1. The predicted molar refractivity (Wildman–Crippen MR) is 80.2 cm³/mol. The van der Waals surface area contributed by atoms with Crippen LogP contribution in [0.2, 0.25) is 5.02 Å². The van der Waals surface area contributed by atoms with E-state index in [0.717, 1.165) is 5.56 Å². The van der Waals surface area contributed by atoms with Gasteiger partial charge in [0.1, 0.15) is 5.70 Å². The lowest BCUT2D eigenvalue weighted by Gasteiger charge is -1.98. The van der Waals surface area contributed by atoms with Crippen LogP contribution in [0.5, 0.6) is 0 Å². The van der Waals surface area contributed by atoms with Gasteiger partial charge in [-0.15, -0.1) is 11.3 Å². The lowest BCUT2D eigenvalue weighted by Crippen LogP contribution is -2.05. The van der Waals surface area contributed by atoms with Gasteiger partial charge in [0.15, 0.2) is 0 Å². The lowest BCUT2D eigenvalue weighted by atomic mass is 10.2. The largest absolute Gasteiger partial charge is 0.402 e. The van der Waals surface area contributed by atoms with Gasteiger partial charge < -0.3 is 4.74 Å². The highest BCUT2D eigenvalue weighted by Crippen LogP contribution is 2.19. The van der Waals surface area contributed by atoms with Crippen molar-refractivity contribution in [2.24, 2.45) is 4.99 Å². The molecule has 3 rings (SSSR count). The van der Waals surface area contributed by atoms with E-state index in [1.165, 1.54) is 4.88 Å². The molecule has 1 aromatic carbocycles. The minimum absolute atomic E-state index is 0.323. The summed E-state index contributed by atoms with van der Waals surface area (Å²) < 4.78 is 5.17. The molecule has 1 aliphatic heterocycles. The van der Waals surface area contributed by atoms with E-state index in [2.05, 4.69) is 4.99 Å². The van der Waals surface area contributed by atoms with Crippen LogP contribution in [-0.4, -0.2) is 11.9 Å². The van der Waals surface area contributed by atoms with E-state index in [1.54, 1.807) is 41.7 Å². The first-order chi connectivity index (χ1) is 9.72. The molecule has 3 nitrogen and oxygen atoms in total. The van der Waals surface area contributed by atoms with Gasteiger partial charge in [-0.05, 0) is 41.8 Å². The zero-order valence-electron chi connectivity index (χ0n) is 10.4. The van der Waals surface area contributed by atoms with Crippen LogP contribution < -0.4 is 0 Å². The van der Waals surface area contributed by atoms with Crippen LogP contribution in [0.25, 0.3) is 0 Å². The second kappa shape index (κ2) is 5.61. The number of hydrogen-bond acceptors (Lipinski definition) is 4. The molecule has 0 radical (unpaired) electrons. The third kappa shape index (κ3) is 2.81. The van der Waals surface area contributed by atoms with E-state index in [0.29, 0.717) is 23.0 Å². The van der Waals surface area contributed by atoms with Crippen molar-refractivity contribution in [3.8, 4) is 0 Å². The summed E-state index contributed by atoms with van der Waals surface area (Å²) in [4.78, 5) is 17.2. The minimum atomic E-state index is -0.411. The highest BCUT2D eigenvalue weighted by molar-refractivity contribution is 7.09. The van der Waals surface area contributed by atoms with Crippen molar-refractivity contribution in [3.05, 3.63) is 69.0 Å². The Morgan fingerprint density at radius 2 is 2.05 bits per heavy atom. The summed E-state index contributed by atoms with van der Waals surface area (Å²) in [5, 5.41) is 2.63. The SMILES string of the molecule is O=C1OC(c2ccc(Cl)cc2)=N/C1=C/Cc1cccs1. The lowest BCUT2D eigenvalue weighted by molar-refractivity contribution is -0.130. The summed E-state index contributed by atoms with van der Waals surface area (Å²) in [6.07, 6.45) is 2.47. The fourth-order valence-electron chi connectivity index (χ4n) is 1.79. The normalized spacial score (nSPS) is 16.4. The molecule has 0 unspecified atom stereocenters. The number of aliphatic imine (C=N–C) groups is 1. The van der Waals surface area contributed by atoms with Gasteiger partial charge in [-0.1, -0.05) is 17.7 Å². The number of hydrogen-bond donors (Lipinski definition) is 0. The van der Waals surface area contributed by atoms with Gasteiger partial charge in [0.2, 0.25) is 5.90 Å². The van der Waals surface area contributed by atoms with E-state index in [1.807, 2.05) is 17.5 Å². The van der Waals surface area contributed by atoms with Crippen LogP contribution >= 0.6 is 22.9 Å². The fourth-order valence-corrected chi connectivity index (χ4v) is 2.58. The molecule has 2 aromatic rings. The molecule has 0 amide bonds. The zero-order valence-corrected chi connectivity index (χ0v) is 11.9. The maximum absolute atomic E-state index is 11.8. The Kier molecular flexibility index (Phi) is 3.67. The van der Waals surface area contributed by atoms with E-state index in [-0.39, 0.29) is 0 Å². The number of nitrogens with zero attached hydrogens (tertiary/aromatic N) is 1. The molecular weight excluding hydrogens is 294 g/mol. The maximum atomic E-state index is 11.8. The average Bonchev–Trinajstić information content (AvgIpc) is 3.07. The Labute approximate surface area is 125 Å². The first kappa shape index (κ1) is 13.1. The van der Waals surface area contributed by atoms with Gasteiger partial charge >= 0.3 is 5.97 Å². The first-order valence-corrected chi connectivity index (χ1v) is 7.27. The number of halogens is 1. The summed E-state index contributed by atoms with van der Waals surface area (Å²) in [6.45, 7) is 0. The van der Waals surface area contributed by atoms with Crippen molar-refractivity contribution in [1.29, 1.82) is 0 Å². The summed E-state index contributed by atoms with van der Waals surface area (Å²) in [5.41, 5.74) is 1.09. The number of thiophene rings is 1. The van der Waals surface area contributed by atoms with Crippen molar-refractivity contribution < 1.29 is 9.53 Å². The Morgan fingerprint density at radius 3 is 2.75 bits per heavy atom. The van der Waals surface area contributed by atoms with Crippen LogP contribution in [0.1, 0.15) is 10.4 Å². The predicted octanol–water partition coefficient (Wildman–Crippen LogP) is 3.83. The summed E-state index contributed by atoms with van der Waals surface area (Å²) in [7, 11) is 0. The molecule has 5 heteroatoms.